The molecule has 0 unspecified atom stereocenters. The van der Waals surface area contributed by atoms with Crippen molar-refractivity contribution in [2.45, 2.75) is 20.3 Å². The van der Waals surface area contributed by atoms with Crippen LogP contribution < -0.4 is 0 Å². The molecule has 13 heavy (non-hydrogen) atoms. The van der Waals surface area contributed by atoms with Gasteiger partial charge in [0.25, 0.3) is 0 Å². The zero-order chi connectivity index (χ0) is 9.68. The van der Waals surface area contributed by atoms with E-state index in [1.165, 1.54) is 11.1 Å². The second-order valence-electron chi connectivity index (χ2n) is 3.21. The molecule has 1 aromatic carbocycles. The molecule has 0 aliphatic rings. The molecule has 0 saturated carbocycles. The third kappa shape index (κ3) is 2.90. The lowest BCUT2D eigenvalue weighted by Crippen LogP contribution is -1.77. The molecule has 0 bridgehead atoms. The number of allylic oxidation sites excluding steroid dienone is 2. The van der Waals surface area contributed by atoms with Gasteiger partial charge in [-0.1, -0.05) is 55.5 Å². The Kier molecular flexibility index (Phi) is 3.51. The van der Waals surface area contributed by atoms with Gasteiger partial charge in [0.05, 0.1) is 0 Å². The fourth-order valence-electron chi connectivity index (χ4n) is 1.13. The largest absolute Gasteiger partial charge is 0.0955 e. The normalized spacial score (nSPS) is 10.6. The molecule has 0 nitrogen and oxygen atoms in total. The van der Waals surface area contributed by atoms with Crippen LogP contribution in [0.1, 0.15) is 31.4 Å². The van der Waals surface area contributed by atoms with Crippen LogP contribution in [0, 0.1) is 0 Å². The van der Waals surface area contributed by atoms with E-state index in [2.05, 4.69) is 49.9 Å². The number of benzene rings is 1. The molecule has 0 atom stereocenters. The van der Waals surface area contributed by atoms with E-state index in [0.29, 0.717) is 0 Å². The van der Waals surface area contributed by atoms with E-state index in [9.17, 15) is 0 Å². The molecule has 0 fully saturated rings. The molecular formula is C13H16. The molecule has 1 rings (SSSR count). The second kappa shape index (κ2) is 4.66. The fourth-order valence-corrected chi connectivity index (χ4v) is 1.13. The molecule has 0 N–H and O–H groups in total. The van der Waals surface area contributed by atoms with Crippen molar-refractivity contribution in [2.24, 2.45) is 0 Å². The maximum atomic E-state index is 3.90. The van der Waals surface area contributed by atoms with E-state index in [0.717, 1.165) is 12.0 Å². The van der Waals surface area contributed by atoms with Crippen molar-refractivity contribution >= 4 is 11.6 Å². The summed E-state index contributed by atoms with van der Waals surface area (Å²) in [7, 11) is 0. The van der Waals surface area contributed by atoms with Gasteiger partial charge >= 0.3 is 0 Å². The Labute approximate surface area is 80.6 Å². The highest BCUT2D eigenvalue weighted by Crippen LogP contribution is 2.13. The molecule has 0 amide bonds. The minimum atomic E-state index is 1.09. The van der Waals surface area contributed by atoms with E-state index in [-0.39, 0.29) is 0 Å². The summed E-state index contributed by atoms with van der Waals surface area (Å²) < 4.78 is 0. The first-order chi connectivity index (χ1) is 6.24. The van der Waals surface area contributed by atoms with Crippen LogP contribution in [-0.2, 0) is 0 Å². The average molecular weight is 172 g/mol. The zero-order valence-electron chi connectivity index (χ0n) is 8.38. The molecule has 0 heteroatoms. The highest BCUT2D eigenvalue weighted by molar-refractivity contribution is 5.63. The molecule has 0 heterocycles. The highest BCUT2D eigenvalue weighted by Gasteiger charge is 1.91. The summed E-state index contributed by atoms with van der Waals surface area (Å²) in [5.41, 5.74) is 3.59. The van der Waals surface area contributed by atoms with E-state index in [1.54, 1.807) is 0 Å². The van der Waals surface area contributed by atoms with E-state index in [4.69, 9.17) is 0 Å². The SMILES string of the molecule is C=C(C)c1ccc(/C=C/CC)cc1. The van der Waals surface area contributed by atoms with Gasteiger partial charge in [-0.15, -0.1) is 0 Å². The maximum absolute atomic E-state index is 3.90. The Morgan fingerprint density at radius 3 is 2.38 bits per heavy atom. The zero-order valence-corrected chi connectivity index (χ0v) is 8.38. The monoisotopic (exact) mass is 172 g/mol. The molecule has 1 aromatic rings. The van der Waals surface area contributed by atoms with E-state index in [1.807, 2.05) is 6.92 Å². The number of hydrogen-bond acceptors (Lipinski definition) is 0. The Bertz CT molecular complexity index is 301. The predicted molar refractivity (Wildman–Crippen MR) is 60.5 cm³/mol. The third-order valence-corrected chi connectivity index (χ3v) is 1.95. The van der Waals surface area contributed by atoms with Gasteiger partial charge in [0.1, 0.15) is 0 Å². The van der Waals surface area contributed by atoms with E-state index >= 15 is 0 Å². The Hall–Kier alpha value is -1.30. The number of rotatable bonds is 3. The van der Waals surface area contributed by atoms with Crippen molar-refractivity contribution in [3.05, 3.63) is 48.0 Å². The van der Waals surface area contributed by atoms with Crippen molar-refractivity contribution in [2.75, 3.05) is 0 Å². The molecule has 0 spiro atoms. The van der Waals surface area contributed by atoms with Gasteiger partial charge in [-0.3, -0.25) is 0 Å². The first-order valence-electron chi connectivity index (χ1n) is 4.66. The van der Waals surface area contributed by atoms with Crippen molar-refractivity contribution in [3.63, 3.8) is 0 Å². The van der Waals surface area contributed by atoms with Crippen LogP contribution >= 0.6 is 0 Å². The standard InChI is InChI=1S/C13H16/c1-4-5-6-12-7-9-13(10-8-12)11(2)3/h5-10H,2,4H2,1,3H3/b6-5+. The van der Waals surface area contributed by atoms with Crippen LogP contribution in [0.5, 0.6) is 0 Å². The lowest BCUT2D eigenvalue weighted by molar-refractivity contribution is 1.23. The quantitative estimate of drug-likeness (QED) is 0.642. The summed E-state index contributed by atoms with van der Waals surface area (Å²) in [5.74, 6) is 0. The highest BCUT2D eigenvalue weighted by atomic mass is 14.0. The third-order valence-electron chi connectivity index (χ3n) is 1.95. The molecule has 0 aromatic heterocycles. The molecule has 0 radical (unpaired) electrons. The van der Waals surface area contributed by atoms with Crippen molar-refractivity contribution in [1.29, 1.82) is 0 Å². The second-order valence-corrected chi connectivity index (χ2v) is 3.21. The van der Waals surface area contributed by atoms with Gasteiger partial charge in [0.2, 0.25) is 0 Å². The summed E-state index contributed by atoms with van der Waals surface area (Å²) in [6, 6.07) is 8.46. The maximum Gasteiger partial charge on any atom is -0.0233 e. The summed E-state index contributed by atoms with van der Waals surface area (Å²) in [6.45, 7) is 8.06. The summed E-state index contributed by atoms with van der Waals surface area (Å²) in [5, 5.41) is 0. The van der Waals surface area contributed by atoms with Gasteiger partial charge in [0.15, 0.2) is 0 Å². The molecule has 0 saturated heterocycles. The van der Waals surface area contributed by atoms with Crippen molar-refractivity contribution < 1.29 is 0 Å². The van der Waals surface area contributed by atoms with E-state index < -0.39 is 0 Å². The lowest BCUT2D eigenvalue weighted by Gasteiger charge is -1.99. The average Bonchev–Trinajstić information content (AvgIpc) is 2.15. The van der Waals surface area contributed by atoms with Crippen LogP contribution in [0.25, 0.3) is 11.6 Å². The minimum absolute atomic E-state index is 1.09. The Morgan fingerprint density at radius 1 is 1.31 bits per heavy atom. The van der Waals surface area contributed by atoms with Crippen molar-refractivity contribution in [3.8, 4) is 0 Å². The van der Waals surface area contributed by atoms with Crippen LogP contribution in [0.4, 0.5) is 0 Å². The Balaban J connectivity index is 2.81. The molecule has 0 aliphatic heterocycles. The lowest BCUT2D eigenvalue weighted by atomic mass is 10.1. The molecule has 0 aliphatic carbocycles. The van der Waals surface area contributed by atoms with Crippen LogP contribution in [0.15, 0.2) is 36.9 Å². The van der Waals surface area contributed by atoms with Crippen LogP contribution in [0.2, 0.25) is 0 Å². The van der Waals surface area contributed by atoms with Gasteiger partial charge in [-0.25, -0.2) is 0 Å². The van der Waals surface area contributed by atoms with Crippen LogP contribution in [-0.4, -0.2) is 0 Å². The van der Waals surface area contributed by atoms with Crippen molar-refractivity contribution in [1.82, 2.24) is 0 Å². The fraction of sp³-hybridized carbons (Fsp3) is 0.231. The predicted octanol–water partition coefficient (Wildman–Crippen LogP) is 4.14. The minimum Gasteiger partial charge on any atom is -0.0955 e. The van der Waals surface area contributed by atoms with Gasteiger partial charge in [-0.2, -0.15) is 0 Å². The Morgan fingerprint density at radius 2 is 1.92 bits per heavy atom. The summed E-state index contributed by atoms with van der Waals surface area (Å²) in [6.07, 6.45) is 5.39. The molecular weight excluding hydrogens is 156 g/mol. The molecule has 68 valence electrons. The van der Waals surface area contributed by atoms with Gasteiger partial charge in [-0.05, 0) is 24.5 Å². The first kappa shape index (κ1) is 9.79. The summed E-state index contributed by atoms with van der Waals surface area (Å²) >= 11 is 0. The first-order valence-corrected chi connectivity index (χ1v) is 4.66. The topological polar surface area (TPSA) is 0 Å². The van der Waals surface area contributed by atoms with Gasteiger partial charge in [0, 0.05) is 0 Å². The smallest absolute Gasteiger partial charge is 0.0233 e. The van der Waals surface area contributed by atoms with Crippen LogP contribution in [0.3, 0.4) is 0 Å². The summed E-state index contributed by atoms with van der Waals surface area (Å²) in [4.78, 5) is 0. The number of hydrogen-bond donors (Lipinski definition) is 0. The van der Waals surface area contributed by atoms with Gasteiger partial charge < -0.3 is 0 Å².